The Labute approximate surface area is 232 Å². The summed E-state index contributed by atoms with van der Waals surface area (Å²) in [6.45, 7) is 6.65. The predicted molar refractivity (Wildman–Crippen MR) is 155 cm³/mol. The van der Waals surface area contributed by atoms with E-state index in [1.807, 2.05) is 30.3 Å². The minimum Gasteiger partial charge on any atom is -0.493 e. The normalized spacial score (nSPS) is 12.1. The smallest absolute Gasteiger partial charge is 0.282 e. The van der Waals surface area contributed by atoms with E-state index in [0.29, 0.717) is 50.9 Å². The molecule has 0 spiro atoms. The molecule has 38 heavy (non-hydrogen) atoms. The third-order valence-electron chi connectivity index (χ3n) is 5.68. The molecule has 7 nitrogen and oxygen atoms in total. The first kappa shape index (κ1) is 26.0. The minimum absolute atomic E-state index is 0.0955. The molecule has 3 aromatic carbocycles. The second-order valence-electron chi connectivity index (χ2n) is 9.98. The third-order valence-corrected chi connectivity index (χ3v) is 6.39. The van der Waals surface area contributed by atoms with Crippen LogP contribution in [0.2, 0.25) is 5.02 Å². The Bertz CT molecular complexity index is 1750. The highest BCUT2D eigenvalue weighted by Crippen LogP contribution is 2.35. The lowest BCUT2D eigenvalue weighted by molar-refractivity contribution is 0.191. The molecule has 2 heterocycles. The number of nitrogens with zero attached hydrogens (tertiary/aromatic N) is 3. The zero-order valence-corrected chi connectivity index (χ0v) is 23.6. The van der Waals surface area contributed by atoms with Crippen LogP contribution in [0.15, 0.2) is 79.4 Å². The van der Waals surface area contributed by atoms with Crippen LogP contribution in [0.4, 0.5) is 0 Å². The number of benzene rings is 3. The van der Waals surface area contributed by atoms with Crippen LogP contribution in [0, 0.1) is 5.41 Å². The summed E-state index contributed by atoms with van der Waals surface area (Å²) in [6, 6.07) is 18.0. The van der Waals surface area contributed by atoms with Gasteiger partial charge in [-0.15, -0.1) is 0 Å². The zero-order chi connectivity index (χ0) is 27.0. The van der Waals surface area contributed by atoms with Gasteiger partial charge in [0.25, 0.3) is 5.56 Å². The molecule has 0 N–H and O–H groups in total. The highest BCUT2D eigenvalue weighted by Gasteiger charge is 2.19. The van der Waals surface area contributed by atoms with Crippen molar-refractivity contribution in [2.45, 2.75) is 20.8 Å². The number of fused-ring (bicyclic) bond motifs is 2. The van der Waals surface area contributed by atoms with Crippen LogP contribution in [0.1, 0.15) is 26.3 Å². The molecule has 0 atom stereocenters. The molecule has 0 bridgehead atoms. The van der Waals surface area contributed by atoms with Gasteiger partial charge in [0.15, 0.2) is 17.3 Å². The molecule has 0 unspecified atom stereocenters. The van der Waals surface area contributed by atoms with E-state index in [4.69, 9.17) is 30.5 Å². The molecule has 5 rings (SSSR count). The van der Waals surface area contributed by atoms with Gasteiger partial charge in [-0.2, -0.15) is 9.78 Å². The van der Waals surface area contributed by atoms with Gasteiger partial charge in [-0.3, -0.25) is 4.79 Å². The lowest BCUT2D eigenvalue weighted by Crippen LogP contribution is -2.20. The van der Waals surface area contributed by atoms with Crippen molar-refractivity contribution in [2.24, 2.45) is 10.5 Å². The summed E-state index contributed by atoms with van der Waals surface area (Å²) in [5, 5.41) is 6.30. The van der Waals surface area contributed by atoms with Gasteiger partial charge in [-0.1, -0.05) is 60.4 Å². The van der Waals surface area contributed by atoms with E-state index in [1.54, 1.807) is 37.4 Å². The maximum absolute atomic E-state index is 13.6. The van der Waals surface area contributed by atoms with Gasteiger partial charge >= 0.3 is 0 Å². The second kappa shape index (κ2) is 10.3. The maximum Gasteiger partial charge on any atom is 0.282 e. The molecular formula is C29H25BrClN3O4. The fourth-order valence-electron chi connectivity index (χ4n) is 3.91. The molecule has 0 aliphatic carbocycles. The average molecular weight is 595 g/mol. The van der Waals surface area contributed by atoms with E-state index >= 15 is 0 Å². The van der Waals surface area contributed by atoms with Gasteiger partial charge in [0.05, 0.1) is 30.8 Å². The van der Waals surface area contributed by atoms with Gasteiger partial charge in [0, 0.05) is 26.5 Å². The molecule has 0 fully saturated rings. The Morgan fingerprint density at radius 2 is 1.92 bits per heavy atom. The number of aromatic nitrogens is 2. The summed E-state index contributed by atoms with van der Waals surface area (Å²) in [5.41, 5.74) is 1.33. The number of hydrogen-bond acceptors (Lipinski definition) is 6. The predicted octanol–water partition coefficient (Wildman–Crippen LogP) is 7.54. The molecule has 0 aliphatic heterocycles. The molecule has 0 saturated heterocycles. The Kier molecular flexibility index (Phi) is 7.03. The molecule has 5 aromatic rings. The molecule has 0 amide bonds. The van der Waals surface area contributed by atoms with E-state index in [1.165, 1.54) is 10.9 Å². The number of rotatable bonds is 6. The number of furan rings is 1. The summed E-state index contributed by atoms with van der Waals surface area (Å²) < 4.78 is 19.9. The molecule has 2 aromatic heterocycles. The number of halogens is 2. The molecule has 0 radical (unpaired) electrons. The van der Waals surface area contributed by atoms with Gasteiger partial charge in [0.1, 0.15) is 5.58 Å². The Morgan fingerprint density at radius 3 is 2.68 bits per heavy atom. The lowest BCUT2D eigenvalue weighted by Gasteiger charge is -2.21. The molecule has 0 aliphatic rings. The largest absolute Gasteiger partial charge is 0.493 e. The quantitative estimate of drug-likeness (QED) is 0.190. The fourth-order valence-corrected chi connectivity index (χ4v) is 4.51. The average Bonchev–Trinajstić information content (AvgIpc) is 3.29. The third kappa shape index (κ3) is 5.33. The van der Waals surface area contributed by atoms with Crippen LogP contribution in [0.25, 0.3) is 33.5 Å². The van der Waals surface area contributed by atoms with Crippen LogP contribution >= 0.6 is 27.5 Å². The molecule has 0 saturated carbocycles. The summed E-state index contributed by atoms with van der Waals surface area (Å²) in [6.07, 6.45) is 1.52. The van der Waals surface area contributed by atoms with Gasteiger partial charge in [-0.05, 0) is 47.9 Å². The summed E-state index contributed by atoms with van der Waals surface area (Å²) in [4.78, 5) is 18.4. The molecule has 9 heteroatoms. The van der Waals surface area contributed by atoms with Gasteiger partial charge in [-0.25, -0.2) is 4.98 Å². The second-order valence-corrected chi connectivity index (χ2v) is 11.3. The summed E-state index contributed by atoms with van der Waals surface area (Å²) in [5.74, 6) is 1.62. The van der Waals surface area contributed by atoms with Crippen molar-refractivity contribution < 1.29 is 13.9 Å². The van der Waals surface area contributed by atoms with Crippen molar-refractivity contribution in [3.8, 4) is 23.1 Å². The van der Waals surface area contributed by atoms with Crippen molar-refractivity contribution in [2.75, 3.05) is 13.7 Å². The summed E-state index contributed by atoms with van der Waals surface area (Å²) in [7, 11) is 1.55. The van der Waals surface area contributed by atoms with E-state index < -0.39 is 0 Å². The molecular weight excluding hydrogens is 570 g/mol. The van der Waals surface area contributed by atoms with Crippen molar-refractivity contribution >= 4 is 55.6 Å². The maximum atomic E-state index is 13.6. The SMILES string of the molecule is COc1cc(Cl)cc(C=Nn2c(-c3cc4cc(Br)ccc4o3)nc3ccccc3c2=O)c1OCC(C)(C)C. The van der Waals surface area contributed by atoms with Crippen LogP contribution in [-0.4, -0.2) is 29.6 Å². The first-order valence-corrected chi connectivity index (χ1v) is 13.1. The van der Waals surface area contributed by atoms with E-state index in [2.05, 4.69) is 41.8 Å². The molecule has 194 valence electrons. The fraction of sp³-hybridized carbons (Fsp3) is 0.207. The van der Waals surface area contributed by atoms with Crippen LogP contribution < -0.4 is 15.0 Å². The number of methoxy groups -OCH3 is 1. The highest BCUT2D eigenvalue weighted by molar-refractivity contribution is 9.10. The first-order valence-electron chi connectivity index (χ1n) is 11.9. The minimum atomic E-state index is -0.338. The van der Waals surface area contributed by atoms with Crippen molar-refractivity contribution in [3.63, 3.8) is 0 Å². The van der Waals surface area contributed by atoms with Crippen molar-refractivity contribution in [1.29, 1.82) is 0 Å². The number of para-hydroxylation sites is 1. The first-order chi connectivity index (χ1) is 18.1. The summed E-state index contributed by atoms with van der Waals surface area (Å²) >= 11 is 9.86. The van der Waals surface area contributed by atoms with Crippen molar-refractivity contribution in [1.82, 2.24) is 9.66 Å². The topological polar surface area (TPSA) is 78.9 Å². The Balaban J connectivity index is 1.69. The van der Waals surface area contributed by atoms with Crippen molar-refractivity contribution in [3.05, 3.63) is 86.1 Å². The zero-order valence-electron chi connectivity index (χ0n) is 21.3. The van der Waals surface area contributed by atoms with Crippen LogP contribution in [-0.2, 0) is 0 Å². The van der Waals surface area contributed by atoms with E-state index in [-0.39, 0.29) is 16.8 Å². The van der Waals surface area contributed by atoms with Gasteiger partial charge < -0.3 is 13.9 Å². The lowest BCUT2D eigenvalue weighted by atomic mass is 9.98. The number of ether oxygens (including phenoxy) is 2. The highest BCUT2D eigenvalue weighted by atomic mass is 79.9. The number of hydrogen-bond donors (Lipinski definition) is 0. The van der Waals surface area contributed by atoms with E-state index in [9.17, 15) is 4.79 Å². The van der Waals surface area contributed by atoms with Crippen LogP contribution in [0.3, 0.4) is 0 Å². The Morgan fingerprint density at radius 1 is 1.13 bits per heavy atom. The standard InChI is InChI=1S/C29H25BrClN3O4/c1-29(2,3)16-37-26-18(12-20(31)14-24(26)36-4)15-32-34-27(33-22-8-6-5-7-21(22)28(34)35)25-13-17-11-19(30)9-10-23(17)38-25/h5-15H,16H2,1-4H3. The Hall–Kier alpha value is -3.62. The van der Waals surface area contributed by atoms with Crippen LogP contribution in [0.5, 0.6) is 11.5 Å². The monoisotopic (exact) mass is 593 g/mol. The van der Waals surface area contributed by atoms with E-state index in [0.717, 1.165) is 9.86 Å². The van der Waals surface area contributed by atoms with Gasteiger partial charge in [0.2, 0.25) is 5.82 Å².